The van der Waals surface area contributed by atoms with Crippen molar-refractivity contribution in [2.75, 3.05) is 6.54 Å². The summed E-state index contributed by atoms with van der Waals surface area (Å²) >= 11 is 7.11. The molecule has 2 rings (SSSR count). The van der Waals surface area contributed by atoms with Gasteiger partial charge in [-0.3, -0.25) is 9.79 Å². The molecule has 0 fully saturated rings. The van der Waals surface area contributed by atoms with Crippen molar-refractivity contribution in [2.24, 2.45) is 4.99 Å². The van der Waals surface area contributed by atoms with Gasteiger partial charge in [0, 0.05) is 10.6 Å². The van der Waals surface area contributed by atoms with Crippen molar-refractivity contribution < 1.29 is 9.90 Å². The predicted molar refractivity (Wildman–Crippen MR) is 61.9 cm³/mol. The fraction of sp³-hybridized carbons (Fsp3) is 0.200. The lowest BCUT2D eigenvalue weighted by molar-refractivity contribution is -0.136. The molecule has 5 heteroatoms. The Morgan fingerprint density at radius 1 is 1.60 bits per heavy atom. The molecule has 1 unspecified atom stereocenters. The van der Waals surface area contributed by atoms with E-state index in [0.29, 0.717) is 11.6 Å². The van der Waals surface area contributed by atoms with Crippen LogP contribution in [0.15, 0.2) is 29.3 Å². The molecule has 1 heterocycles. The smallest absolute Gasteiger partial charge is 0.318 e. The summed E-state index contributed by atoms with van der Waals surface area (Å²) < 4.78 is 0. The lowest BCUT2D eigenvalue weighted by Gasteiger charge is -2.02. The minimum absolute atomic E-state index is 0.335. The highest BCUT2D eigenvalue weighted by Crippen LogP contribution is 2.26. The summed E-state index contributed by atoms with van der Waals surface area (Å²) in [7, 11) is 0. The second kappa shape index (κ2) is 4.24. The second-order valence-corrected chi connectivity index (χ2v) is 4.73. The van der Waals surface area contributed by atoms with Crippen LogP contribution in [0.4, 0.5) is 0 Å². The molecule has 0 saturated carbocycles. The molecular weight excluding hydrogens is 234 g/mol. The number of thioether (sulfide) groups is 1. The number of aliphatic imine (C=N–C) groups is 1. The standard InChI is InChI=1S/C10H8ClNO2S/c11-7-3-1-2-6(4-7)9-12-5-8(15-9)10(13)14/h1-4,8H,5H2,(H,13,14). The molecule has 0 spiro atoms. The topological polar surface area (TPSA) is 49.7 Å². The normalized spacial score (nSPS) is 20.1. The summed E-state index contributed by atoms with van der Waals surface area (Å²) in [5.41, 5.74) is 0.885. The molecule has 0 amide bonds. The highest BCUT2D eigenvalue weighted by molar-refractivity contribution is 8.15. The molecular formula is C10H8ClNO2S. The number of carbonyl (C=O) groups is 1. The zero-order valence-electron chi connectivity index (χ0n) is 7.68. The summed E-state index contributed by atoms with van der Waals surface area (Å²) in [4.78, 5) is 14.9. The SMILES string of the molecule is O=C(O)C1CN=C(c2cccc(Cl)c2)S1. The van der Waals surface area contributed by atoms with Gasteiger partial charge in [0.2, 0.25) is 0 Å². The van der Waals surface area contributed by atoms with Gasteiger partial charge in [-0.25, -0.2) is 0 Å². The van der Waals surface area contributed by atoms with E-state index in [2.05, 4.69) is 4.99 Å². The van der Waals surface area contributed by atoms with Crippen molar-refractivity contribution in [3.8, 4) is 0 Å². The maximum atomic E-state index is 10.7. The van der Waals surface area contributed by atoms with Crippen molar-refractivity contribution in [3.63, 3.8) is 0 Å². The van der Waals surface area contributed by atoms with Crippen molar-refractivity contribution in [3.05, 3.63) is 34.9 Å². The molecule has 1 atom stereocenters. The van der Waals surface area contributed by atoms with Gasteiger partial charge in [-0.05, 0) is 12.1 Å². The molecule has 0 bridgehead atoms. The highest BCUT2D eigenvalue weighted by Gasteiger charge is 2.26. The van der Waals surface area contributed by atoms with Crippen LogP contribution in [-0.2, 0) is 4.79 Å². The van der Waals surface area contributed by atoms with E-state index >= 15 is 0 Å². The van der Waals surface area contributed by atoms with E-state index in [1.54, 1.807) is 12.1 Å². The monoisotopic (exact) mass is 241 g/mol. The van der Waals surface area contributed by atoms with E-state index in [-0.39, 0.29) is 0 Å². The minimum atomic E-state index is -0.819. The Morgan fingerprint density at radius 2 is 2.40 bits per heavy atom. The fourth-order valence-electron chi connectivity index (χ4n) is 1.28. The molecule has 0 aliphatic carbocycles. The fourth-order valence-corrected chi connectivity index (χ4v) is 2.41. The van der Waals surface area contributed by atoms with E-state index in [1.807, 2.05) is 12.1 Å². The Morgan fingerprint density at radius 3 is 3.00 bits per heavy atom. The van der Waals surface area contributed by atoms with E-state index in [4.69, 9.17) is 16.7 Å². The Kier molecular flexibility index (Phi) is 2.98. The quantitative estimate of drug-likeness (QED) is 0.864. The molecule has 1 aromatic rings. The number of rotatable bonds is 2. The van der Waals surface area contributed by atoms with Crippen LogP contribution in [0.2, 0.25) is 5.02 Å². The van der Waals surface area contributed by atoms with Crippen molar-refractivity contribution >= 4 is 34.4 Å². The van der Waals surface area contributed by atoms with Crippen LogP contribution >= 0.6 is 23.4 Å². The van der Waals surface area contributed by atoms with Crippen LogP contribution in [-0.4, -0.2) is 27.9 Å². The molecule has 3 nitrogen and oxygen atoms in total. The molecule has 0 saturated heterocycles. The minimum Gasteiger partial charge on any atom is -0.480 e. The van der Waals surface area contributed by atoms with Crippen LogP contribution < -0.4 is 0 Å². The Hall–Kier alpha value is -1.000. The van der Waals surface area contributed by atoms with Crippen LogP contribution in [0.25, 0.3) is 0 Å². The third-order valence-corrected chi connectivity index (χ3v) is 3.46. The number of aliphatic carboxylic acids is 1. The van der Waals surface area contributed by atoms with E-state index in [0.717, 1.165) is 10.6 Å². The maximum absolute atomic E-state index is 10.7. The van der Waals surface area contributed by atoms with Crippen molar-refractivity contribution in [2.45, 2.75) is 5.25 Å². The van der Waals surface area contributed by atoms with Gasteiger partial charge in [0.1, 0.15) is 5.25 Å². The Bertz CT molecular complexity index is 433. The molecule has 1 N–H and O–H groups in total. The molecule has 1 aromatic carbocycles. The van der Waals surface area contributed by atoms with E-state index in [1.165, 1.54) is 11.8 Å². The lowest BCUT2D eigenvalue weighted by Crippen LogP contribution is -2.16. The zero-order valence-corrected chi connectivity index (χ0v) is 9.26. The van der Waals surface area contributed by atoms with Crippen molar-refractivity contribution in [1.82, 2.24) is 0 Å². The predicted octanol–water partition coefficient (Wildman–Crippen LogP) is 2.29. The highest BCUT2D eigenvalue weighted by atomic mass is 35.5. The summed E-state index contributed by atoms with van der Waals surface area (Å²) in [5.74, 6) is -0.819. The number of benzene rings is 1. The summed E-state index contributed by atoms with van der Waals surface area (Å²) in [6.45, 7) is 0.335. The Balaban J connectivity index is 2.17. The maximum Gasteiger partial charge on any atom is 0.318 e. The average molecular weight is 242 g/mol. The van der Waals surface area contributed by atoms with Gasteiger partial charge in [0.05, 0.1) is 11.6 Å². The summed E-state index contributed by atoms with van der Waals surface area (Å²) in [6, 6.07) is 7.27. The number of carboxylic acid groups (broad SMARTS) is 1. The van der Waals surface area contributed by atoms with Gasteiger partial charge in [-0.2, -0.15) is 0 Å². The van der Waals surface area contributed by atoms with Gasteiger partial charge < -0.3 is 5.11 Å². The first kappa shape index (κ1) is 10.5. The number of nitrogens with zero attached hydrogens (tertiary/aromatic N) is 1. The summed E-state index contributed by atoms with van der Waals surface area (Å²) in [5, 5.41) is 9.74. The number of carboxylic acids is 1. The first-order valence-electron chi connectivity index (χ1n) is 4.36. The molecule has 15 heavy (non-hydrogen) atoms. The van der Waals surface area contributed by atoms with Gasteiger partial charge in [-0.15, -0.1) is 0 Å². The zero-order chi connectivity index (χ0) is 10.8. The van der Waals surface area contributed by atoms with Gasteiger partial charge in [0.25, 0.3) is 0 Å². The van der Waals surface area contributed by atoms with Crippen LogP contribution in [0.5, 0.6) is 0 Å². The van der Waals surface area contributed by atoms with Gasteiger partial charge in [0.15, 0.2) is 0 Å². The molecule has 0 aromatic heterocycles. The van der Waals surface area contributed by atoms with Crippen LogP contribution in [0.3, 0.4) is 0 Å². The van der Waals surface area contributed by atoms with Crippen LogP contribution in [0.1, 0.15) is 5.56 Å². The molecule has 1 aliphatic heterocycles. The number of hydrogen-bond donors (Lipinski definition) is 1. The second-order valence-electron chi connectivity index (χ2n) is 3.10. The first-order chi connectivity index (χ1) is 7.16. The largest absolute Gasteiger partial charge is 0.480 e. The Labute approximate surface area is 96.2 Å². The van der Waals surface area contributed by atoms with E-state index in [9.17, 15) is 4.79 Å². The van der Waals surface area contributed by atoms with E-state index < -0.39 is 11.2 Å². The van der Waals surface area contributed by atoms with Crippen molar-refractivity contribution in [1.29, 1.82) is 0 Å². The summed E-state index contributed by atoms with van der Waals surface area (Å²) in [6.07, 6.45) is 0. The third-order valence-electron chi connectivity index (χ3n) is 2.00. The van der Waals surface area contributed by atoms with Gasteiger partial charge >= 0.3 is 5.97 Å². The average Bonchev–Trinajstić information content (AvgIpc) is 2.66. The number of halogens is 1. The van der Waals surface area contributed by atoms with Gasteiger partial charge in [-0.1, -0.05) is 35.5 Å². The van der Waals surface area contributed by atoms with Crippen LogP contribution in [0, 0.1) is 0 Å². The third kappa shape index (κ3) is 2.33. The molecule has 0 radical (unpaired) electrons. The number of hydrogen-bond acceptors (Lipinski definition) is 3. The molecule has 78 valence electrons. The molecule has 1 aliphatic rings. The first-order valence-corrected chi connectivity index (χ1v) is 5.62. The lowest BCUT2D eigenvalue weighted by atomic mass is 10.2.